The Labute approximate surface area is 116 Å². The van der Waals surface area contributed by atoms with Crippen molar-refractivity contribution in [3.63, 3.8) is 0 Å². The third-order valence-corrected chi connectivity index (χ3v) is 3.74. The first-order chi connectivity index (χ1) is 9.01. The van der Waals surface area contributed by atoms with Crippen molar-refractivity contribution in [2.45, 2.75) is 19.4 Å². The Morgan fingerprint density at radius 1 is 1.42 bits per heavy atom. The highest BCUT2D eigenvalue weighted by Crippen LogP contribution is 2.14. The SMILES string of the molecule is COc1ccc(NC(=O)CS(=O)CCC(C)N)cc1. The average Bonchev–Trinajstić information content (AvgIpc) is 2.37. The summed E-state index contributed by atoms with van der Waals surface area (Å²) in [7, 11) is 0.411. The summed E-state index contributed by atoms with van der Waals surface area (Å²) in [5.41, 5.74) is 6.24. The van der Waals surface area contributed by atoms with E-state index in [0.29, 0.717) is 17.9 Å². The van der Waals surface area contributed by atoms with Crippen LogP contribution in [-0.2, 0) is 15.6 Å². The summed E-state index contributed by atoms with van der Waals surface area (Å²) in [6.45, 7) is 1.86. The van der Waals surface area contributed by atoms with Crippen molar-refractivity contribution in [2.24, 2.45) is 5.73 Å². The van der Waals surface area contributed by atoms with E-state index in [-0.39, 0.29) is 17.7 Å². The van der Waals surface area contributed by atoms with Crippen LogP contribution in [0.5, 0.6) is 5.75 Å². The molecule has 6 heteroatoms. The van der Waals surface area contributed by atoms with Gasteiger partial charge in [0.1, 0.15) is 11.5 Å². The molecule has 0 aliphatic rings. The number of benzene rings is 1. The van der Waals surface area contributed by atoms with Crippen molar-refractivity contribution in [1.29, 1.82) is 0 Å². The Bertz CT molecular complexity index is 432. The van der Waals surface area contributed by atoms with Gasteiger partial charge in [0.2, 0.25) is 5.91 Å². The average molecular weight is 284 g/mol. The van der Waals surface area contributed by atoms with E-state index in [1.165, 1.54) is 0 Å². The molecular formula is C13H20N2O3S. The minimum Gasteiger partial charge on any atom is -0.497 e. The topological polar surface area (TPSA) is 81.4 Å². The number of anilines is 1. The molecule has 0 radical (unpaired) electrons. The molecule has 0 saturated carbocycles. The molecule has 106 valence electrons. The van der Waals surface area contributed by atoms with Gasteiger partial charge in [0.15, 0.2) is 0 Å². The monoisotopic (exact) mass is 284 g/mol. The van der Waals surface area contributed by atoms with Gasteiger partial charge in [-0.15, -0.1) is 0 Å². The zero-order valence-electron chi connectivity index (χ0n) is 11.2. The van der Waals surface area contributed by atoms with Crippen LogP contribution >= 0.6 is 0 Å². The lowest BCUT2D eigenvalue weighted by atomic mass is 10.3. The fourth-order valence-corrected chi connectivity index (χ4v) is 2.55. The van der Waals surface area contributed by atoms with E-state index in [0.717, 1.165) is 5.75 Å². The third kappa shape index (κ3) is 6.35. The predicted octanol–water partition coefficient (Wildman–Crippen LogP) is 1.12. The Hall–Kier alpha value is -1.40. The first kappa shape index (κ1) is 15.7. The molecule has 1 aromatic rings. The van der Waals surface area contributed by atoms with Crippen LogP contribution in [0, 0.1) is 0 Å². The number of carbonyl (C=O) groups is 1. The van der Waals surface area contributed by atoms with Crippen molar-refractivity contribution in [1.82, 2.24) is 0 Å². The van der Waals surface area contributed by atoms with Crippen molar-refractivity contribution < 1.29 is 13.7 Å². The summed E-state index contributed by atoms with van der Waals surface area (Å²) >= 11 is 0. The van der Waals surface area contributed by atoms with Crippen LogP contribution in [0.1, 0.15) is 13.3 Å². The van der Waals surface area contributed by atoms with Gasteiger partial charge in [-0.05, 0) is 37.6 Å². The number of carbonyl (C=O) groups excluding carboxylic acids is 1. The zero-order valence-corrected chi connectivity index (χ0v) is 12.0. The van der Waals surface area contributed by atoms with Gasteiger partial charge in [-0.25, -0.2) is 0 Å². The first-order valence-electron chi connectivity index (χ1n) is 6.05. The predicted molar refractivity (Wildman–Crippen MR) is 77.8 cm³/mol. The van der Waals surface area contributed by atoms with Crippen LogP contribution in [-0.4, -0.2) is 34.8 Å². The molecule has 2 atom stereocenters. The highest BCUT2D eigenvalue weighted by Gasteiger charge is 2.09. The molecule has 0 aliphatic carbocycles. The summed E-state index contributed by atoms with van der Waals surface area (Å²) in [6.07, 6.45) is 0.655. The summed E-state index contributed by atoms with van der Waals surface area (Å²) in [5, 5.41) is 2.69. The van der Waals surface area contributed by atoms with Gasteiger partial charge in [-0.2, -0.15) is 0 Å². The molecule has 3 N–H and O–H groups in total. The number of amides is 1. The number of nitrogens with two attached hydrogens (primary N) is 1. The molecule has 1 rings (SSSR count). The lowest BCUT2D eigenvalue weighted by Gasteiger charge is -2.07. The van der Waals surface area contributed by atoms with Crippen molar-refractivity contribution in [2.75, 3.05) is 23.9 Å². The molecule has 0 heterocycles. The third-order valence-electron chi connectivity index (χ3n) is 2.47. The number of hydrogen-bond acceptors (Lipinski definition) is 4. The molecule has 19 heavy (non-hydrogen) atoms. The smallest absolute Gasteiger partial charge is 0.236 e. The first-order valence-corrected chi connectivity index (χ1v) is 7.54. The van der Waals surface area contributed by atoms with Crippen molar-refractivity contribution >= 4 is 22.4 Å². The molecule has 0 aromatic heterocycles. The Kier molecular flexibility index (Phi) is 6.52. The molecule has 5 nitrogen and oxygen atoms in total. The number of nitrogens with one attached hydrogen (secondary N) is 1. The molecule has 2 unspecified atom stereocenters. The second-order valence-electron chi connectivity index (χ2n) is 4.33. The van der Waals surface area contributed by atoms with Gasteiger partial charge < -0.3 is 15.8 Å². The van der Waals surface area contributed by atoms with Gasteiger partial charge in [0.05, 0.1) is 7.11 Å². The quantitative estimate of drug-likeness (QED) is 0.786. The maximum absolute atomic E-state index is 11.7. The van der Waals surface area contributed by atoms with E-state index in [9.17, 15) is 9.00 Å². The van der Waals surface area contributed by atoms with Gasteiger partial charge in [0, 0.05) is 28.3 Å². The van der Waals surface area contributed by atoms with Gasteiger partial charge in [0.25, 0.3) is 0 Å². The fraction of sp³-hybridized carbons (Fsp3) is 0.462. The Balaban J connectivity index is 2.39. The van der Waals surface area contributed by atoms with E-state index >= 15 is 0 Å². The molecule has 0 aliphatic heterocycles. The Morgan fingerprint density at radius 3 is 2.58 bits per heavy atom. The van der Waals surface area contributed by atoms with Crippen LogP contribution in [0.15, 0.2) is 24.3 Å². The number of hydrogen-bond donors (Lipinski definition) is 2. The van der Waals surface area contributed by atoms with E-state index in [4.69, 9.17) is 10.5 Å². The van der Waals surface area contributed by atoms with Crippen LogP contribution in [0.4, 0.5) is 5.69 Å². The molecular weight excluding hydrogens is 264 g/mol. The lowest BCUT2D eigenvalue weighted by molar-refractivity contribution is -0.113. The number of rotatable bonds is 7. The van der Waals surface area contributed by atoms with Crippen molar-refractivity contribution in [3.05, 3.63) is 24.3 Å². The molecule has 0 bridgehead atoms. The van der Waals surface area contributed by atoms with Gasteiger partial charge in [-0.3, -0.25) is 9.00 Å². The van der Waals surface area contributed by atoms with Crippen LogP contribution in [0.25, 0.3) is 0 Å². The number of methoxy groups -OCH3 is 1. The van der Waals surface area contributed by atoms with E-state index in [1.54, 1.807) is 31.4 Å². The summed E-state index contributed by atoms with van der Waals surface area (Å²) < 4.78 is 16.6. The summed E-state index contributed by atoms with van der Waals surface area (Å²) in [6, 6.07) is 6.99. The molecule has 0 spiro atoms. The van der Waals surface area contributed by atoms with Crippen molar-refractivity contribution in [3.8, 4) is 5.75 Å². The number of ether oxygens (including phenoxy) is 1. The van der Waals surface area contributed by atoms with Gasteiger partial charge in [-0.1, -0.05) is 0 Å². The second-order valence-corrected chi connectivity index (χ2v) is 5.91. The highest BCUT2D eigenvalue weighted by atomic mass is 32.2. The minimum atomic E-state index is -1.17. The molecule has 0 fully saturated rings. The second kappa shape index (κ2) is 7.91. The molecule has 1 amide bonds. The summed E-state index contributed by atoms with van der Waals surface area (Å²) in [4.78, 5) is 11.7. The largest absolute Gasteiger partial charge is 0.497 e. The molecule has 1 aromatic carbocycles. The maximum atomic E-state index is 11.7. The van der Waals surface area contributed by atoms with E-state index in [2.05, 4.69) is 5.32 Å². The zero-order chi connectivity index (χ0) is 14.3. The maximum Gasteiger partial charge on any atom is 0.236 e. The lowest BCUT2D eigenvalue weighted by Crippen LogP contribution is -2.23. The van der Waals surface area contributed by atoms with Gasteiger partial charge >= 0.3 is 0 Å². The minimum absolute atomic E-state index is 0.00124. The fourth-order valence-electron chi connectivity index (χ4n) is 1.41. The summed E-state index contributed by atoms with van der Waals surface area (Å²) in [5.74, 6) is 0.915. The van der Waals surface area contributed by atoms with Crippen LogP contribution in [0.3, 0.4) is 0 Å². The normalized spacial score (nSPS) is 13.6. The van der Waals surface area contributed by atoms with E-state index in [1.807, 2.05) is 6.92 Å². The standard InChI is InChI=1S/C13H20N2O3S/c1-10(14)7-8-19(17)9-13(16)15-11-3-5-12(18-2)6-4-11/h3-6,10H,7-9,14H2,1-2H3,(H,15,16). The van der Waals surface area contributed by atoms with Crippen LogP contribution in [0.2, 0.25) is 0 Å². The Morgan fingerprint density at radius 2 is 2.05 bits per heavy atom. The molecule has 0 saturated heterocycles. The van der Waals surface area contributed by atoms with E-state index < -0.39 is 10.8 Å². The highest BCUT2D eigenvalue weighted by molar-refractivity contribution is 7.85. The van der Waals surface area contributed by atoms with Crippen LogP contribution < -0.4 is 15.8 Å².